The first kappa shape index (κ1) is 29.4. The topological polar surface area (TPSA) is 145 Å². The second-order valence-electron chi connectivity index (χ2n) is 10.0. The third-order valence-corrected chi connectivity index (χ3v) is 9.99. The molecule has 0 amide bonds. The Hall–Kier alpha value is -4.57. The molecule has 3 N–H and O–H groups in total. The van der Waals surface area contributed by atoms with Crippen molar-refractivity contribution in [3.05, 3.63) is 114 Å². The molecular formula is C31H32N4O5S. The molecule has 1 aromatic heterocycles. The molecule has 3 aromatic rings. The van der Waals surface area contributed by atoms with Crippen LogP contribution >= 0.6 is 0 Å². The van der Waals surface area contributed by atoms with Gasteiger partial charge >= 0.3 is 0 Å². The smallest absolute Gasteiger partial charge is 0.230 e. The number of benzene rings is 2. The summed E-state index contributed by atoms with van der Waals surface area (Å²) in [6.45, 7) is 3.02. The number of carbonyl (C=O) groups is 2. The van der Waals surface area contributed by atoms with Crippen LogP contribution in [0.5, 0.6) is 0 Å². The summed E-state index contributed by atoms with van der Waals surface area (Å²) in [4.78, 5) is 28.1. The van der Waals surface area contributed by atoms with Crippen molar-refractivity contribution < 1.29 is 23.2 Å². The first-order chi connectivity index (χ1) is 19.6. The van der Waals surface area contributed by atoms with Crippen molar-refractivity contribution in [2.24, 2.45) is 11.1 Å². The summed E-state index contributed by atoms with van der Waals surface area (Å²) >= 11 is 0. The van der Waals surface area contributed by atoms with Crippen molar-refractivity contribution in [2.45, 2.75) is 36.7 Å². The maximum absolute atomic E-state index is 13.7. The lowest BCUT2D eigenvalue weighted by atomic mass is 9.78. The number of nitrogen functional groups attached to an aromatic ring is 1. The molecule has 0 fully saturated rings. The summed E-state index contributed by atoms with van der Waals surface area (Å²) in [7, 11) is -4.07. The fraction of sp³-hybridized carbons (Fsp3) is 0.226. The second kappa shape index (κ2) is 12.3. The number of allylic oxidation sites excluding steroid dienone is 7. The van der Waals surface area contributed by atoms with Crippen molar-refractivity contribution in [3.8, 4) is 0 Å². The van der Waals surface area contributed by atoms with Crippen LogP contribution in [0.25, 0.3) is 10.9 Å². The highest BCUT2D eigenvalue weighted by Crippen LogP contribution is 2.42. The molecular weight excluding hydrogens is 540 g/mol. The fourth-order valence-electron chi connectivity index (χ4n) is 4.96. The Labute approximate surface area is 238 Å². The SMILES string of the molecule is CC(C)S(=O)(=O)C1(C(=O)C(=O)c2ccccc2)CC=CC=C1CC1C=CC=CC1=NO.Nn1cc2ccccc2n1. The van der Waals surface area contributed by atoms with E-state index in [-0.39, 0.29) is 18.4 Å². The molecule has 212 valence electrons. The lowest BCUT2D eigenvalue weighted by molar-refractivity contribution is -0.116. The first-order valence-corrected chi connectivity index (χ1v) is 14.7. The number of nitrogens with two attached hydrogens (primary N) is 1. The number of nitrogens with zero attached hydrogens (tertiary/aromatic N) is 3. The van der Waals surface area contributed by atoms with E-state index < -0.39 is 37.3 Å². The van der Waals surface area contributed by atoms with Gasteiger partial charge in [-0.1, -0.05) is 90.1 Å². The average Bonchev–Trinajstić information content (AvgIpc) is 3.37. The van der Waals surface area contributed by atoms with E-state index in [0.717, 1.165) is 10.9 Å². The number of rotatable bonds is 7. The molecule has 9 nitrogen and oxygen atoms in total. The zero-order valence-electron chi connectivity index (χ0n) is 22.8. The van der Waals surface area contributed by atoms with E-state index >= 15 is 0 Å². The molecule has 2 atom stereocenters. The summed E-state index contributed by atoms with van der Waals surface area (Å²) < 4.78 is 25.3. The lowest BCUT2D eigenvalue weighted by Gasteiger charge is -2.37. The van der Waals surface area contributed by atoms with E-state index in [1.807, 2.05) is 24.3 Å². The normalized spacial score (nSPS) is 21.0. The van der Waals surface area contributed by atoms with Crippen LogP contribution in [0.2, 0.25) is 0 Å². The number of fused-ring (bicyclic) bond motifs is 1. The van der Waals surface area contributed by atoms with Crippen molar-refractivity contribution in [2.75, 3.05) is 5.84 Å². The molecule has 2 aliphatic rings. The van der Waals surface area contributed by atoms with Gasteiger partial charge in [0, 0.05) is 16.9 Å². The van der Waals surface area contributed by atoms with E-state index in [1.54, 1.807) is 66.9 Å². The van der Waals surface area contributed by atoms with Crippen LogP contribution in [-0.4, -0.2) is 50.8 Å². The molecule has 2 aromatic carbocycles. The molecule has 0 saturated heterocycles. The lowest BCUT2D eigenvalue weighted by Crippen LogP contribution is -2.54. The molecule has 2 unspecified atom stereocenters. The minimum Gasteiger partial charge on any atom is -0.411 e. The van der Waals surface area contributed by atoms with E-state index in [9.17, 15) is 23.2 Å². The molecule has 41 heavy (non-hydrogen) atoms. The molecule has 0 radical (unpaired) electrons. The van der Waals surface area contributed by atoms with Gasteiger partial charge in [0.05, 0.1) is 22.7 Å². The Bertz CT molecular complexity index is 1670. The average molecular weight is 573 g/mol. The Morgan fingerprint density at radius 1 is 1.10 bits per heavy atom. The fourth-order valence-corrected chi connectivity index (χ4v) is 6.97. The third-order valence-electron chi connectivity index (χ3n) is 7.16. The minimum atomic E-state index is -4.07. The molecule has 0 aliphatic heterocycles. The molecule has 1 heterocycles. The molecule has 10 heteroatoms. The number of aromatic nitrogens is 2. The monoisotopic (exact) mass is 572 g/mol. The first-order valence-electron chi connectivity index (χ1n) is 13.1. The van der Waals surface area contributed by atoms with Crippen LogP contribution in [0.1, 0.15) is 37.0 Å². The predicted molar refractivity (Wildman–Crippen MR) is 160 cm³/mol. The van der Waals surface area contributed by atoms with Gasteiger partial charge in [0.25, 0.3) is 0 Å². The Morgan fingerprint density at radius 2 is 1.80 bits per heavy atom. The number of sulfone groups is 1. The summed E-state index contributed by atoms with van der Waals surface area (Å²) in [5, 5.41) is 16.9. The van der Waals surface area contributed by atoms with Gasteiger partial charge in [0.1, 0.15) is 0 Å². The number of Topliss-reactive ketones (excluding diaryl/α,β-unsaturated/α-hetero) is 2. The maximum atomic E-state index is 13.7. The molecule has 0 spiro atoms. The van der Waals surface area contributed by atoms with Gasteiger partial charge in [-0.05, 0) is 44.4 Å². The van der Waals surface area contributed by atoms with Gasteiger partial charge in [0.15, 0.2) is 14.6 Å². The molecule has 0 bridgehead atoms. The summed E-state index contributed by atoms with van der Waals surface area (Å²) in [5.41, 5.74) is 1.77. The van der Waals surface area contributed by atoms with Crippen LogP contribution in [-0.2, 0) is 14.6 Å². The number of hydrogen-bond donors (Lipinski definition) is 2. The molecule has 0 saturated carbocycles. The van der Waals surface area contributed by atoms with Crippen LogP contribution < -0.4 is 5.84 Å². The number of hydrogen-bond acceptors (Lipinski definition) is 8. The summed E-state index contributed by atoms with van der Waals surface area (Å²) in [6, 6.07) is 15.8. The highest BCUT2D eigenvalue weighted by atomic mass is 32.2. The van der Waals surface area contributed by atoms with Crippen LogP contribution in [0.15, 0.2) is 114 Å². The van der Waals surface area contributed by atoms with Gasteiger partial charge < -0.3 is 11.0 Å². The Balaban J connectivity index is 0.000000322. The van der Waals surface area contributed by atoms with Gasteiger partial charge in [0.2, 0.25) is 11.6 Å². The highest BCUT2D eigenvalue weighted by molar-refractivity contribution is 7.94. The van der Waals surface area contributed by atoms with Gasteiger partial charge in [-0.15, -0.1) is 0 Å². The van der Waals surface area contributed by atoms with E-state index in [0.29, 0.717) is 11.3 Å². The van der Waals surface area contributed by atoms with E-state index in [1.165, 1.54) is 30.8 Å². The number of oxime groups is 1. The quantitative estimate of drug-likeness (QED) is 0.138. The van der Waals surface area contributed by atoms with Crippen LogP contribution in [0, 0.1) is 5.92 Å². The van der Waals surface area contributed by atoms with Crippen LogP contribution in [0.4, 0.5) is 0 Å². The van der Waals surface area contributed by atoms with Crippen molar-refractivity contribution in [1.82, 2.24) is 9.89 Å². The van der Waals surface area contributed by atoms with Crippen molar-refractivity contribution >= 4 is 38.0 Å². The molecule has 2 aliphatic carbocycles. The standard InChI is InChI=1S/C24H25NO5S.C7H7N3/c1-17(2)31(29,30)24(23(27)22(26)18-10-4-3-5-11-18)15-9-8-13-20(24)16-19-12-6-7-14-21(19)25-28;8-10-5-6-3-1-2-4-7(6)9-10/h3-14,17,19,28H,15-16H2,1-2H3;1-5H,8H2. The summed E-state index contributed by atoms with van der Waals surface area (Å²) in [6.07, 6.45) is 13.6. The third kappa shape index (κ3) is 5.83. The Kier molecular flexibility index (Phi) is 8.83. The largest absolute Gasteiger partial charge is 0.411 e. The van der Waals surface area contributed by atoms with Crippen LogP contribution in [0.3, 0.4) is 0 Å². The zero-order valence-corrected chi connectivity index (χ0v) is 23.6. The highest BCUT2D eigenvalue weighted by Gasteiger charge is 2.56. The van der Waals surface area contributed by atoms with Crippen molar-refractivity contribution in [3.63, 3.8) is 0 Å². The number of ketones is 2. The summed E-state index contributed by atoms with van der Waals surface area (Å²) in [5.74, 6) is 3.18. The molecule has 5 rings (SSSR count). The zero-order chi connectivity index (χ0) is 29.6. The van der Waals surface area contributed by atoms with Gasteiger partial charge in [-0.2, -0.15) is 9.89 Å². The van der Waals surface area contributed by atoms with Crippen molar-refractivity contribution in [1.29, 1.82) is 0 Å². The number of carbonyl (C=O) groups excluding carboxylic acids is 2. The maximum Gasteiger partial charge on any atom is 0.230 e. The van der Waals surface area contributed by atoms with E-state index in [2.05, 4.69) is 10.3 Å². The predicted octanol–water partition coefficient (Wildman–Crippen LogP) is 4.60. The van der Waals surface area contributed by atoms with E-state index in [4.69, 9.17) is 5.84 Å². The Morgan fingerprint density at radius 3 is 2.49 bits per heavy atom. The minimum absolute atomic E-state index is 0.116. The van der Waals surface area contributed by atoms with Gasteiger partial charge in [-0.25, -0.2) is 8.42 Å². The van der Waals surface area contributed by atoms with Gasteiger partial charge in [-0.3, -0.25) is 9.59 Å². The second-order valence-corrected chi connectivity index (χ2v) is 12.7.